The molecule has 1 amide bonds. The van der Waals surface area contributed by atoms with Crippen molar-refractivity contribution in [1.82, 2.24) is 5.32 Å². The Kier molecular flexibility index (Phi) is 4.35. The summed E-state index contributed by atoms with van der Waals surface area (Å²) in [5.41, 5.74) is 6.91. The largest absolute Gasteiger partial charge is 0.398 e. The third-order valence-electron chi connectivity index (χ3n) is 4.31. The zero-order valence-electron chi connectivity index (χ0n) is 11.3. The Balaban J connectivity index is 2.03. The van der Waals surface area contributed by atoms with Gasteiger partial charge < -0.3 is 11.1 Å². The van der Waals surface area contributed by atoms with Crippen LogP contribution in [0.2, 0.25) is 5.02 Å². The molecule has 0 heterocycles. The number of carbonyl (C=O) groups excluding carboxylic acids is 1. The number of anilines is 1. The first-order valence-electron chi connectivity index (χ1n) is 6.90. The van der Waals surface area contributed by atoms with Crippen molar-refractivity contribution < 1.29 is 4.79 Å². The van der Waals surface area contributed by atoms with E-state index >= 15 is 0 Å². The molecule has 1 aliphatic carbocycles. The lowest BCUT2D eigenvalue weighted by atomic mass is 9.83. The van der Waals surface area contributed by atoms with Crippen LogP contribution in [0.4, 0.5) is 5.69 Å². The van der Waals surface area contributed by atoms with E-state index in [2.05, 4.69) is 12.2 Å². The number of rotatable bonds is 4. The number of nitrogen functional groups attached to an aromatic ring is 1. The number of halogens is 1. The average Bonchev–Trinajstić information content (AvgIpc) is 2.89. The zero-order valence-corrected chi connectivity index (χ0v) is 12.1. The molecule has 1 aromatic carbocycles. The maximum absolute atomic E-state index is 12.2. The first kappa shape index (κ1) is 14.2. The fraction of sp³-hybridized carbons (Fsp3) is 0.533. The van der Waals surface area contributed by atoms with E-state index in [9.17, 15) is 4.79 Å². The van der Waals surface area contributed by atoms with Gasteiger partial charge in [-0.05, 0) is 36.8 Å². The number of nitrogens with two attached hydrogens (primary N) is 1. The lowest BCUT2D eigenvalue weighted by Gasteiger charge is -2.27. The molecular weight excluding hydrogens is 260 g/mol. The summed E-state index contributed by atoms with van der Waals surface area (Å²) in [4.78, 5) is 12.2. The van der Waals surface area contributed by atoms with Crippen LogP contribution in [-0.4, -0.2) is 12.5 Å². The van der Waals surface area contributed by atoms with E-state index in [-0.39, 0.29) is 11.3 Å². The van der Waals surface area contributed by atoms with Crippen LogP contribution in [-0.2, 0) is 0 Å². The highest BCUT2D eigenvalue weighted by molar-refractivity contribution is 6.36. The smallest absolute Gasteiger partial charge is 0.252 e. The summed E-state index contributed by atoms with van der Waals surface area (Å²) >= 11 is 6.07. The second-order valence-electron chi connectivity index (χ2n) is 5.45. The summed E-state index contributed by atoms with van der Waals surface area (Å²) < 4.78 is 0. The van der Waals surface area contributed by atoms with Crippen LogP contribution >= 0.6 is 11.6 Å². The molecule has 1 saturated carbocycles. The quantitative estimate of drug-likeness (QED) is 0.828. The Morgan fingerprint density at radius 2 is 2.11 bits per heavy atom. The molecule has 0 bridgehead atoms. The highest BCUT2D eigenvalue weighted by Gasteiger charge is 2.32. The molecule has 0 atom stereocenters. The van der Waals surface area contributed by atoms with Gasteiger partial charge in [0.25, 0.3) is 5.91 Å². The van der Waals surface area contributed by atoms with Gasteiger partial charge in [-0.25, -0.2) is 0 Å². The van der Waals surface area contributed by atoms with Gasteiger partial charge in [0.2, 0.25) is 0 Å². The Labute approximate surface area is 119 Å². The maximum Gasteiger partial charge on any atom is 0.252 e. The van der Waals surface area contributed by atoms with Gasteiger partial charge in [-0.15, -0.1) is 0 Å². The van der Waals surface area contributed by atoms with Gasteiger partial charge in [0, 0.05) is 6.54 Å². The molecule has 0 aromatic heterocycles. The van der Waals surface area contributed by atoms with Gasteiger partial charge in [0.1, 0.15) is 0 Å². The molecule has 3 nitrogen and oxygen atoms in total. The molecule has 104 valence electrons. The van der Waals surface area contributed by atoms with E-state index in [4.69, 9.17) is 17.3 Å². The second kappa shape index (κ2) is 5.83. The third kappa shape index (κ3) is 3.03. The number of amides is 1. The van der Waals surface area contributed by atoms with Crippen LogP contribution in [0.25, 0.3) is 0 Å². The standard InChI is InChI=1S/C15H21ClN2O/c1-2-15(8-3-4-9-15)10-18-14(19)11-6-5-7-12(17)13(11)16/h5-7H,2-4,8-10,17H2,1H3,(H,18,19). The first-order valence-corrected chi connectivity index (χ1v) is 7.28. The van der Waals surface area contributed by atoms with E-state index in [0.717, 1.165) is 13.0 Å². The third-order valence-corrected chi connectivity index (χ3v) is 4.73. The Bertz CT molecular complexity index is 467. The van der Waals surface area contributed by atoms with Crippen LogP contribution < -0.4 is 11.1 Å². The number of hydrogen-bond donors (Lipinski definition) is 2. The van der Waals surface area contributed by atoms with Gasteiger partial charge in [-0.1, -0.05) is 37.4 Å². The van der Waals surface area contributed by atoms with Crippen molar-refractivity contribution in [3.8, 4) is 0 Å². The van der Waals surface area contributed by atoms with Gasteiger partial charge in [-0.2, -0.15) is 0 Å². The molecule has 0 unspecified atom stereocenters. The van der Waals surface area contributed by atoms with Crippen molar-refractivity contribution in [2.24, 2.45) is 5.41 Å². The number of benzene rings is 1. The van der Waals surface area contributed by atoms with Crippen LogP contribution in [0.15, 0.2) is 18.2 Å². The van der Waals surface area contributed by atoms with Gasteiger partial charge in [0.15, 0.2) is 0 Å². The summed E-state index contributed by atoms with van der Waals surface area (Å²) in [5, 5.41) is 3.37. The maximum atomic E-state index is 12.2. The Morgan fingerprint density at radius 1 is 1.42 bits per heavy atom. The van der Waals surface area contributed by atoms with Crippen LogP contribution in [0.1, 0.15) is 49.4 Å². The van der Waals surface area contributed by atoms with Gasteiger partial charge in [0.05, 0.1) is 16.3 Å². The molecule has 0 aliphatic heterocycles. The van der Waals surface area contributed by atoms with Crippen LogP contribution in [0, 0.1) is 5.41 Å². The van der Waals surface area contributed by atoms with E-state index < -0.39 is 0 Å². The van der Waals surface area contributed by atoms with E-state index in [1.807, 2.05) is 0 Å². The average molecular weight is 281 g/mol. The minimum Gasteiger partial charge on any atom is -0.398 e. The zero-order chi connectivity index (χ0) is 13.9. The molecule has 3 N–H and O–H groups in total. The molecule has 0 spiro atoms. The summed E-state index contributed by atoms with van der Waals surface area (Å²) in [6.45, 7) is 2.93. The molecule has 0 saturated heterocycles. The second-order valence-corrected chi connectivity index (χ2v) is 5.83. The van der Waals surface area contributed by atoms with Crippen LogP contribution in [0.5, 0.6) is 0 Å². The summed E-state index contributed by atoms with van der Waals surface area (Å²) in [6, 6.07) is 5.16. The molecule has 19 heavy (non-hydrogen) atoms. The molecule has 0 radical (unpaired) electrons. The first-order chi connectivity index (χ1) is 9.08. The van der Waals surface area contributed by atoms with Crippen molar-refractivity contribution in [3.63, 3.8) is 0 Å². The van der Waals surface area contributed by atoms with Crippen molar-refractivity contribution >= 4 is 23.2 Å². The summed E-state index contributed by atoms with van der Waals surface area (Å²) in [5.74, 6) is -0.128. The SMILES string of the molecule is CCC1(CNC(=O)c2cccc(N)c2Cl)CCCC1. The molecule has 2 rings (SSSR count). The molecule has 1 aliphatic rings. The number of carbonyl (C=O) groups is 1. The van der Waals surface area contributed by atoms with E-state index in [0.29, 0.717) is 16.3 Å². The van der Waals surface area contributed by atoms with Crippen molar-refractivity contribution in [2.45, 2.75) is 39.0 Å². The minimum absolute atomic E-state index is 0.128. The minimum atomic E-state index is -0.128. The Morgan fingerprint density at radius 3 is 2.74 bits per heavy atom. The van der Waals surface area contributed by atoms with Gasteiger partial charge in [-0.3, -0.25) is 4.79 Å². The highest BCUT2D eigenvalue weighted by Crippen LogP contribution is 2.40. The highest BCUT2D eigenvalue weighted by atomic mass is 35.5. The summed E-state index contributed by atoms with van der Waals surface area (Å²) in [7, 11) is 0. The monoisotopic (exact) mass is 280 g/mol. The van der Waals surface area contributed by atoms with Crippen molar-refractivity contribution in [2.75, 3.05) is 12.3 Å². The predicted octanol–water partition coefficient (Wildman–Crippen LogP) is 3.62. The van der Waals surface area contributed by atoms with Gasteiger partial charge >= 0.3 is 0 Å². The van der Waals surface area contributed by atoms with Crippen molar-refractivity contribution in [3.05, 3.63) is 28.8 Å². The molecule has 1 fully saturated rings. The number of hydrogen-bond acceptors (Lipinski definition) is 2. The fourth-order valence-electron chi connectivity index (χ4n) is 2.87. The topological polar surface area (TPSA) is 55.1 Å². The van der Waals surface area contributed by atoms with Crippen LogP contribution in [0.3, 0.4) is 0 Å². The fourth-order valence-corrected chi connectivity index (χ4v) is 3.08. The van der Waals surface area contributed by atoms with E-state index in [1.165, 1.54) is 25.7 Å². The molecule has 4 heteroatoms. The Hall–Kier alpha value is -1.22. The predicted molar refractivity (Wildman–Crippen MR) is 79.4 cm³/mol. The molecule has 1 aromatic rings. The molecular formula is C15H21ClN2O. The normalized spacial score (nSPS) is 17.4. The van der Waals surface area contributed by atoms with Crippen molar-refractivity contribution in [1.29, 1.82) is 0 Å². The summed E-state index contributed by atoms with van der Waals surface area (Å²) in [6.07, 6.45) is 6.05. The lowest BCUT2D eigenvalue weighted by Crippen LogP contribution is -2.35. The van der Waals surface area contributed by atoms with E-state index in [1.54, 1.807) is 18.2 Å². The number of nitrogens with one attached hydrogen (secondary N) is 1. The lowest BCUT2D eigenvalue weighted by molar-refractivity contribution is 0.0929.